The van der Waals surface area contributed by atoms with Crippen LogP contribution in [0.2, 0.25) is 0 Å². The Bertz CT molecular complexity index is 1150. The first-order valence-electron chi connectivity index (χ1n) is 27.5. The highest BCUT2D eigenvalue weighted by Crippen LogP contribution is 2.38. The first-order chi connectivity index (χ1) is 31.5. The molecule has 0 rings (SSSR count). The topological polar surface area (TPSA) is 111 Å². The number of nitrogens with zero attached hydrogens (tertiary/aromatic N) is 1. The van der Waals surface area contributed by atoms with Gasteiger partial charge in [-0.05, 0) is 38.5 Å². The third kappa shape index (κ3) is 51.7. The van der Waals surface area contributed by atoms with E-state index in [1.807, 2.05) is 21.1 Å². The van der Waals surface area contributed by atoms with Crippen LogP contribution in [0, 0.1) is 0 Å². The van der Waals surface area contributed by atoms with Crippen LogP contribution in [0.1, 0.15) is 264 Å². The maximum Gasteiger partial charge on any atom is 0.306 e. The number of rotatable bonds is 51. The molecular formula is C55H106NO8P. The molecule has 2 atom stereocenters. The smallest absolute Gasteiger partial charge is 0.306 e. The van der Waals surface area contributed by atoms with Gasteiger partial charge in [0.1, 0.15) is 19.8 Å². The number of allylic oxidation sites excluding steroid dienone is 4. The number of hydrogen-bond acceptors (Lipinski definition) is 8. The summed E-state index contributed by atoms with van der Waals surface area (Å²) in [4.78, 5) is 37.7. The van der Waals surface area contributed by atoms with Crippen LogP contribution < -0.4 is 4.89 Å². The average Bonchev–Trinajstić information content (AvgIpc) is 3.26. The quantitative estimate of drug-likeness (QED) is 0.0195. The van der Waals surface area contributed by atoms with Gasteiger partial charge in [0.25, 0.3) is 7.82 Å². The summed E-state index contributed by atoms with van der Waals surface area (Å²) < 4.78 is 34.0. The molecule has 0 aromatic rings. The van der Waals surface area contributed by atoms with E-state index in [2.05, 4.69) is 38.2 Å². The van der Waals surface area contributed by atoms with E-state index in [0.29, 0.717) is 17.4 Å². The molecule has 0 fully saturated rings. The minimum absolute atomic E-state index is 0.0316. The van der Waals surface area contributed by atoms with Crippen LogP contribution in [0.4, 0.5) is 0 Å². The molecule has 10 heteroatoms. The van der Waals surface area contributed by atoms with Crippen molar-refractivity contribution < 1.29 is 42.1 Å². The number of phosphoric ester groups is 1. The molecule has 0 saturated carbocycles. The number of likely N-dealkylation sites (N-methyl/N-ethyl adjacent to an activating group) is 1. The van der Waals surface area contributed by atoms with Crippen LogP contribution in [-0.2, 0) is 32.7 Å². The zero-order valence-corrected chi connectivity index (χ0v) is 44.3. The number of carbonyl (C=O) groups is 2. The summed E-state index contributed by atoms with van der Waals surface area (Å²) in [6.45, 7) is 4.21. The van der Waals surface area contributed by atoms with Crippen molar-refractivity contribution in [2.75, 3.05) is 47.5 Å². The van der Waals surface area contributed by atoms with Crippen molar-refractivity contribution in [3.63, 3.8) is 0 Å². The van der Waals surface area contributed by atoms with Crippen molar-refractivity contribution in [3.8, 4) is 0 Å². The van der Waals surface area contributed by atoms with Gasteiger partial charge in [-0.2, -0.15) is 0 Å². The second-order valence-electron chi connectivity index (χ2n) is 20.0. The van der Waals surface area contributed by atoms with Gasteiger partial charge in [-0.25, -0.2) is 0 Å². The molecule has 0 aliphatic rings. The second kappa shape index (κ2) is 47.6. The molecule has 0 bridgehead atoms. The monoisotopic (exact) mass is 940 g/mol. The van der Waals surface area contributed by atoms with Crippen molar-refractivity contribution in [2.24, 2.45) is 0 Å². The molecule has 0 aromatic heterocycles. The summed E-state index contributed by atoms with van der Waals surface area (Å²) >= 11 is 0. The third-order valence-corrected chi connectivity index (χ3v) is 13.2. The van der Waals surface area contributed by atoms with Crippen LogP contribution in [0.3, 0.4) is 0 Å². The molecule has 65 heavy (non-hydrogen) atoms. The fourth-order valence-electron chi connectivity index (χ4n) is 7.91. The summed E-state index contributed by atoms with van der Waals surface area (Å²) in [5, 5.41) is 0. The molecule has 0 saturated heterocycles. The average molecular weight is 940 g/mol. The van der Waals surface area contributed by atoms with Crippen molar-refractivity contribution in [3.05, 3.63) is 24.3 Å². The van der Waals surface area contributed by atoms with E-state index in [9.17, 15) is 19.0 Å². The van der Waals surface area contributed by atoms with Gasteiger partial charge in [0.2, 0.25) is 0 Å². The van der Waals surface area contributed by atoms with E-state index >= 15 is 0 Å². The lowest BCUT2D eigenvalue weighted by Gasteiger charge is -2.28. The molecule has 0 N–H and O–H groups in total. The van der Waals surface area contributed by atoms with E-state index in [-0.39, 0.29) is 32.0 Å². The lowest BCUT2D eigenvalue weighted by atomic mass is 10.0. The number of ether oxygens (including phenoxy) is 2. The van der Waals surface area contributed by atoms with Crippen LogP contribution in [0.5, 0.6) is 0 Å². The lowest BCUT2D eigenvalue weighted by molar-refractivity contribution is -0.870. The van der Waals surface area contributed by atoms with Gasteiger partial charge in [-0.1, -0.05) is 237 Å². The minimum Gasteiger partial charge on any atom is -0.756 e. The van der Waals surface area contributed by atoms with E-state index in [0.717, 1.165) is 64.2 Å². The predicted molar refractivity (Wildman–Crippen MR) is 273 cm³/mol. The van der Waals surface area contributed by atoms with Gasteiger partial charge in [0.05, 0.1) is 27.7 Å². The summed E-state index contributed by atoms with van der Waals surface area (Å²) in [6.07, 6.45) is 55.2. The molecule has 0 aromatic carbocycles. The first-order valence-corrected chi connectivity index (χ1v) is 29.0. The Morgan fingerprint density at radius 2 is 0.846 bits per heavy atom. The highest BCUT2D eigenvalue weighted by molar-refractivity contribution is 7.45. The summed E-state index contributed by atoms with van der Waals surface area (Å²) in [5.41, 5.74) is 0. The van der Waals surface area contributed by atoms with Gasteiger partial charge in [0.15, 0.2) is 6.10 Å². The summed E-state index contributed by atoms with van der Waals surface area (Å²) in [5.74, 6) is -0.838. The van der Waals surface area contributed by atoms with Crippen molar-refractivity contribution in [1.29, 1.82) is 0 Å². The minimum atomic E-state index is -4.63. The zero-order valence-electron chi connectivity index (χ0n) is 43.5. The lowest BCUT2D eigenvalue weighted by Crippen LogP contribution is -2.37. The van der Waals surface area contributed by atoms with Gasteiger partial charge < -0.3 is 27.9 Å². The number of esters is 2. The van der Waals surface area contributed by atoms with Crippen LogP contribution in [0.25, 0.3) is 0 Å². The van der Waals surface area contributed by atoms with Crippen molar-refractivity contribution in [2.45, 2.75) is 270 Å². The fraction of sp³-hybridized carbons (Fsp3) is 0.891. The van der Waals surface area contributed by atoms with Gasteiger partial charge in [-0.3, -0.25) is 14.2 Å². The maximum atomic E-state index is 12.7. The SMILES string of the molecule is CCCC/C=C\C/C=C\CCCCCCCC(=O)OC(COC(=O)CCCCCCCCCCCCCCCCCCCCCCCCCCCCC)COP(=O)([O-])OCC[N+](C)(C)C. The van der Waals surface area contributed by atoms with E-state index < -0.39 is 26.5 Å². The molecule has 0 aliphatic heterocycles. The third-order valence-electron chi connectivity index (χ3n) is 12.2. The predicted octanol–water partition coefficient (Wildman–Crippen LogP) is 16.0. The molecule has 0 heterocycles. The zero-order chi connectivity index (χ0) is 47.8. The molecule has 0 aliphatic carbocycles. The molecular weight excluding hydrogens is 834 g/mol. The van der Waals surface area contributed by atoms with Crippen LogP contribution in [0.15, 0.2) is 24.3 Å². The summed E-state index contributed by atoms with van der Waals surface area (Å²) in [6, 6.07) is 0. The number of hydrogen-bond donors (Lipinski definition) is 0. The Labute approximate surface area is 402 Å². The van der Waals surface area contributed by atoms with Crippen molar-refractivity contribution in [1.82, 2.24) is 0 Å². The largest absolute Gasteiger partial charge is 0.756 e. The highest BCUT2D eigenvalue weighted by atomic mass is 31.2. The Hall–Kier alpha value is -1.51. The molecule has 9 nitrogen and oxygen atoms in total. The van der Waals surface area contributed by atoms with Crippen molar-refractivity contribution >= 4 is 19.8 Å². The summed E-state index contributed by atoms with van der Waals surface area (Å²) in [7, 11) is 1.17. The number of unbranched alkanes of at least 4 members (excludes halogenated alkanes) is 33. The van der Waals surface area contributed by atoms with Gasteiger partial charge in [0, 0.05) is 12.8 Å². The second-order valence-corrected chi connectivity index (χ2v) is 21.4. The molecule has 0 radical (unpaired) electrons. The van der Waals surface area contributed by atoms with Crippen LogP contribution in [-0.4, -0.2) is 70.0 Å². The van der Waals surface area contributed by atoms with Crippen LogP contribution >= 0.6 is 7.82 Å². The first kappa shape index (κ1) is 63.5. The maximum absolute atomic E-state index is 12.7. The van der Waals surface area contributed by atoms with E-state index in [1.54, 1.807) is 0 Å². The normalized spacial score (nSPS) is 13.5. The Balaban J connectivity index is 4.07. The fourth-order valence-corrected chi connectivity index (χ4v) is 8.64. The molecule has 2 unspecified atom stereocenters. The van der Waals surface area contributed by atoms with Gasteiger partial charge >= 0.3 is 11.9 Å². The number of phosphoric acid groups is 1. The molecule has 384 valence electrons. The Morgan fingerprint density at radius 1 is 0.477 bits per heavy atom. The van der Waals surface area contributed by atoms with E-state index in [1.165, 1.54) is 167 Å². The molecule has 0 amide bonds. The van der Waals surface area contributed by atoms with E-state index in [4.69, 9.17) is 18.5 Å². The Morgan fingerprint density at radius 3 is 1.26 bits per heavy atom. The Kier molecular flexibility index (Phi) is 46.4. The molecule has 0 spiro atoms. The number of quaternary nitrogens is 1. The number of carbonyl (C=O) groups excluding carboxylic acids is 2. The highest BCUT2D eigenvalue weighted by Gasteiger charge is 2.21. The van der Waals surface area contributed by atoms with Gasteiger partial charge in [-0.15, -0.1) is 0 Å². The standard InChI is InChI=1S/C55H106NO8P/c1-6-8-10-12-14-16-18-20-22-23-24-25-26-27-28-29-30-31-32-33-34-36-37-39-41-43-45-47-54(57)61-51-53(52-63-65(59,60)62-50-49-56(3,4)5)64-55(58)48-46-44-42-40-38-35-21-19-17-15-13-11-9-7-2/h13,15,19,21,53H,6-12,14,16-18,20,22-52H2,1-5H3/b15-13-,21-19-.